The summed E-state index contributed by atoms with van der Waals surface area (Å²) in [6, 6.07) is 0.521. The molecule has 18 heavy (non-hydrogen) atoms. The summed E-state index contributed by atoms with van der Waals surface area (Å²) < 4.78 is 0. The van der Waals surface area contributed by atoms with Crippen LogP contribution in [-0.4, -0.2) is 36.4 Å². The quantitative estimate of drug-likeness (QED) is 0.755. The van der Waals surface area contributed by atoms with Gasteiger partial charge in [0.25, 0.3) is 0 Å². The van der Waals surface area contributed by atoms with Crippen LogP contribution in [0.4, 0.5) is 4.79 Å². The molecule has 0 aromatic carbocycles. The normalized spacial score (nSPS) is 44.7. The highest BCUT2D eigenvalue weighted by Crippen LogP contribution is 2.53. The maximum atomic E-state index is 12.2. The highest BCUT2D eigenvalue weighted by Gasteiger charge is 2.48. The van der Waals surface area contributed by atoms with E-state index in [-0.39, 0.29) is 6.03 Å². The highest BCUT2D eigenvalue weighted by molar-refractivity contribution is 5.87. The molecular formula is C14H21N3O. The van der Waals surface area contributed by atoms with Crippen LogP contribution in [0.2, 0.25) is 0 Å². The van der Waals surface area contributed by atoms with Gasteiger partial charge in [0.1, 0.15) is 0 Å². The van der Waals surface area contributed by atoms with Gasteiger partial charge in [0.05, 0.1) is 12.9 Å². The van der Waals surface area contributed by atoms with Crippen LogP contribution in [0, 0.1) is 23.7 Å². The third-order valence-electron chi connectivity index (χ3n) is 5.47. The predicted molar refractivity (Wildman–Crippen MR) is 69.4 cm³/mol. The van der Waals surface area contributed by atoms with Gasteiger partial charge in [0.2, 0.25) is 0 Å². The number of rotatable bonds is 1. The summed E-state index contributed by atoms with van der Waals surface area (Å²) in [7, 11) is 0. The van der Waals surface area contributed by atoms with Gasteiger partial charge in [-0.25, -0.2) is 4.79 Å². The van der Waals surface area contributed by atoms with E-state index in [2.05, 4.69) is 10.3 Å². The van der Waals surface area contributed by atoms with Crippen molar-refractivity contribution in [3.8, 4) is 0 Å². The van der Waals surface area contributed by atoms with Crippen molar-refractivity contribution < 1.29 is 4.79 Å². The van der Waals surface area contributed by atoms with Gasteiger partial charge in [0, 0.05) is 12.6 Å². The van der Waals surface area contributed by atoms with Crippen molar-refractivity contribution in [3.05, 3.63) is 0 Å². The molecule has 4 saturated carbocycles. The smallest absolute Gasteiger partial charge is 0.322 e. The lowest BCUT2D eigenvalue weighted by Crippen LogP contribution is -2.57. The molecule has 1 aliphatic heterocycles. The van der Waals surface area contributed by atoms with Gasteiger partial charge < -0.3 is 5.32 Å². The van der Waals surface area contributed by atoms with Gasteiger partial charge in [-0.15, -0.1) is 0 Å². The van der Waals surface area contributed by atoms with Crippen molar-refractivity contribution in [2.24, 2.45) is 28.7 Å². The van der Waals surface area contributed by atoms with Crippen molar-refractivity contribution in [2.45, 2.75) is 38.1 Å². The largest absolute Gasteiger partial charge is 0.334 e. The van der Waals surface area contributed by atoms with E-state index < -0.39 is 0 Å². The predicted octanol–water partition coefficient (Wildman–Crippen LogP) is 1.86. The van der Waals surface area contributed by atoms with E-state index in [1.807, 2.05) is 0 Å². The van der Waals surface area contributed by atoms with Crippen molar-refractivity contribution in [2.75, 3.05) is 13.1 Å². The second-order valence-corrected chi connectivity index (χ2v) is 6.62. The number of carbonyl (C=O) groups is 1. The van der Waals surface area contributed by atoms with E-state index in [1.165, 1.54) is 32.1 Å². The molecule has 4 bridgehead atoms. The van der Waals surface area contributed by atoms with Gasteiger partial charge in [-0.2, -0.15) is 0 Å². The average Bonchev–Trinajstić information content (AvgIpc) is 2.86. The molecule has 0 saturated heterocycles. The van der Waals surface area contributed by atoms with Crippen molar-refractivity contribution in [1.29, 1.82) is 0 Å². The minimum atomic E-state index is 0.0775. The van der Waals surface area contributed by atoms with Gasteiger partial charge in [-0.05, 0) is 55.8 Å². The Kier molecular flexibility index (Phi) is 2.39. The highest BCUT2D eigenvalue weighted by atomic mass is 16.2. The molecule has 5 rings (SSSR count). The molecule has 2 amide bonds. The second-order valence-electron chi connectivity index (χ2n) is 6.62. The fraction of sp³-hybridized carbons (Fsp3) is 0.857. The molecule has 0 unspecified atom stereocenters. The Balaban J connectivity index is 1.45. The number of urea groups is 1. The first kappa shape index (κ1) is 10.8. The fourth-order valence-corrected chi connectivity index (χ4v) is 4.92. The van der Waals surface area contributed by atoms with E-state index >= 15 is 0 Å². The Morgan fingerprint density at radius 2 is 1.78 bits per heavy atom. The van der Waals surface area contributed by atoms with E-state index in [9.17, 15) is 4.79 Å². The minimum Gasteiger partial charge on any atom is -0.334 e. The summed E-state index contributed by atoms with van der Waals surface area (Å²) in [5.74, 6) is 3.44. The maximum Gasteiger partial charge on any atom is 0.322 e. The fourth-order valence-electron chi connectivity index (χ4n) is 4.92. The van der Waals surface area contributed by atoms with Gasteiger partial charge in [-0.3, -0.25) is 9.89 Å². The zero-order chi connectivity index (χ0) is 12.1. The standard InChI is InChI=1S/C14H21N3O/c18-14(17-2-1-15-8-17)16-13-11-4-9-3-10(6-11)7-12(13)5-9/h8-13H,1-7H2,(H,16,18). The molecule has 0 spiro atoms. The van der Waals surface area contributed by atoms with E-state index in [0.717, 1.165) is 36.8 Å². The molecule has 98 valence electrons. The summed E-state index contributed by atoms with van der Waals surface area (Å²) in [6.07, 6.45) is 8.56. The molecule has 0 radical (unpaired) electrons. The first-order valence-corrected chi connectivity index (χ1v) is 7.36. The molecule has 1 N–H and O–H groups in total. The lowest BCUT2D eigenvalue weighted by Gasteiger charge is -2.54. The maximum absolute atomic E-state index is 12.2. The van der Waals surface area contributed by atoms with Crippen LogP contribution in [0.5, 0.6) is 0 Å². The third-order valence-corrected chi connectivity index (χ3v) is 5.47. The van der Waals surface area contributed by atoms with Crippen molar-refractivity contribution >= 4 is 12.4 Å². The number of nitrogens with one attached hydrogen (secondary N) is 1. The van der Waals surface area contributed by atoms with Crippen molar-refractivity contribution in [3.63, 3.8) is 0 Å². The number of hydrogen-bond acceptors (Lipinski definition) is 2. The summed E-state index contributed by atoms with van der Waals surface area (Å²) in [4.78, 5) is 18.0. The first-order chi connectivity index (χ1) is 8.79. The molecule has 4 heteroatoms. The van der Waals surface area contributed by atoms with Crippen LogP contribution in [-0.2, 0) is 0 Å². The summed E-state index contributed by atoms with van der Waals surface area (Å²) in [5, 5.41) is 3.30. The van der Waals surface area contributed by atoms with Gasteiger partial charge >= 0.3 is 6.03 Å². The van der Waals surface area contributed by atoms with E-state index in [1.54, 1.807) is 11.2 Å². The van der Waals surface area contributed by atoms with Gasteiger partial charge in [-0.1, -0.05) is 0 Å². The number of nitrogens with zero attached hydrogens (tertiary/aromatic N) is 2. The third kappa shape index (κ3) is 1.65. The van der Waals surface area contributed by atoms with Crippen LogP contribution < -0.4 is 5.32 Å². The van der Waals surface area contributed by atoms with Crippen LogP contribution >= 0.6 is 0 Å². The molecular weight excluding hydrogens is 226 g/mol. The zero-order valence-corrected chi connectivity index (χ0v) is 10.7. The Morgan fingerprint density at radius 1 is 1.11 bits per heavy atom. The molecule has 1 heterocycles. The lowest BCUT2D eigenvalue weighted by molar-refractivity contribution is -0.0102. The molecule has 4 fully saturated rings. The monoisotopic (exact) mass is 247 g/mol. The van der Waals surface area contributed by atoms with E-state index in [0.29, 0.717) is 6.04 Å². The topological polar surface area (TPSA) is 44.7 Å². The first-order valence-electron chi connectivity index (χ1n) is 7.36. The van der Waals surface area contributed by atoms with Crippen LogP contribution in [0.1, 0.15) is 32.1 Å². The number of amides is 2. The number of hydrogen-bond donors (Lipinski definition) is 1. The SMILES string of the molecule is O=C(NC1C2CC3CC(C2)CC1C3)N1C=NCC1. The zero-order valence-electron chi connectivity index (χ0n) is 10.7. The van der Waals surface area contributed by atoms with Crippen molar-refractivity contribution in [1.82, 2.24) is 10.2 Å². The van der Waals surface area contributed by atoms with Crippen LogP contribution in [0.25, 0.3) is 0 Å². The lowest BCUT2D eigenvalue weighted by atomic mass is 9.54. The Hall–Kier alpha value is -1.06. The molecule has 4 nitrogen and oxygen atoms in total. The van der Waals surface area contributed by atoms with Gasteiger partial charge in [0.15, 0.2) is 0 Å². The number of aliphatic imine (C=N–C) groups is 1. The minimum absolute atomic E-state index is 0.0775. The summed E-state index contributed by atoms with van der Waals surface area (Å²) in [5.41, 5.74) is 0. The van der Waals surface area contributed by atoms with Crippen LogP contribution in [0.3, 0.4) is 0 Å². The molecule has 0 atom stereocenters. The molecule has 0 aromatic rings. The summed E-state index contributed by atoms with van der Waals surface area (Å²) >= 11 is 0. The Morgan fingerprint density at radius 3 is 2.33 bits per heavy atom. The van der Waals surface area contributed by atoms with Crippen LogP contribution in [0.15, 0.2) is 4.99 Å². The molecule has 5 aliphatic rings. The Bertz CT molecular complexity index is 365. The molecule has 4 aliphatic carbocycles. The van der Waals surface area contributed by atoms with E-state index in [4.69, 9.17) is 0 Å². The Labute approximate surface area is 108 Å². The average molecular weight is 247 g/mol. The summed E-state index contributed by atoms with van der Waals surface area (Å²) in [6.45, 7) is 1.51. The number of carbonyl (C=O) groups excluding carboxylic acids is 1. The second kappa shape index (κ2) is 3.97. The molecule has 0 aromatic heterocycles.